The number of fused-ring (bicyclic) bond motifs is 1. The van der Waals surface area contributed by atoms with Crippen LogP contribution in [0.3, 0.4) is 0 Å². The molecule has 0 unspecified atom stereocenters. The van der Waals surface area contributed by atoms with E-state index in [1.54, 1.807) is 6.92 Å². The van der Waals surface area contributed by atoms with E-state index in [1.807, 2.05) is 0 Å². The number of hydrazone groups is 1. The third-order valence-electron chi connectivity index (χ3n) is 5.36. The molecule has 0 aliphatic heterocycles. The molecule has 35 heavy (non-hydrogen) atoms. The Labute approximate surface area is 199 Å². The summed E-state index contributed by atoms with van der Waals surface area (Å²) in [5.74, 6) is -2.58. The summed E-state index contributed by atoms with van der Waals surface area (Å²) in [6.45, 7) is 1.60. The van der Waals surface area contributed by atoms with Crippen molar-refractivity contribution < 1.29 is 31.2 Å². The van der Waals surface area contributed by atoms with Gasteiger partial charge in [-0.3, -0.25) is 20.4 Å². The Morgan fingerprint density at radius 3 is 2.37 bits per heavy atom. The molecule has 4 rings (SSSR count). The van der Waals surface area contributed by atoms with Crippen molar-refractivity contribution in [2.45, 2.75) is 31.1 Å². The molecule has 2 amide bonds. The number of furan rings is 1. The third kappa shape index (κ3) is 5.06. The Morgan fingerprint density at radius 2 is 1.66 bits per heavy atom. The van der Waals surface area contributed by atoms with Crippen LogP contribution in [0.2, 0.25) is 0 Å². The topological polar surface area (TPSA) is 130 Å². The second-order valence-corrected chi connectivity index (χ2v) is 9.36. The molecular weight excluding hydrogens is 482 g/mol. The molecular formula is C23H20F2N4O5S. The number of hydrogen-bond acceptors (Lipinski definition) is 6. The highest BCUT2D eigenvalue weighted by Gasteiger charge is 2.29. The number of halogens is 2. The summed E-state index contributed by atoms with van der Waals surface area (Å²) in [6.07, 6.45) is 1.52. The predicted octanol–water partition coefficient (Wildman–Crippen LogP) is 2.96. The van der Waals surface area contributed by atoms with Crippen molar-refractivity contribution >= 4 is 27.5 Å². The number of nitrogens with zero attached hydrogens (tertiary/aromatic N) is 1. The van der Waals surface area contributed by atoms with Crippen molar-refractivity contribution in [2.24, 2.45) is 5.10 Å². The summed E-state index contributed by atoms with van der Waals surface area (Å²) in [7, 11) is -4.04. The number of nitrogens with one attached hydrogen (secondary N) is 3. The predicted molar refractivity (Wildman–Crippen MR) is 121 cm³/mol. The summed E-state index contributed by atoms with van der Waals surface area (Å²) < 4.78 is 57.5. The molecule has 3 N–H and O–H groups in total. The lowest BCUT2D eigenvalue weighted by atomic mass is 9.93. The maximum Gasteiger partial charge on any atom is 0.305 e. The van der Waals surface area contributed by atoms with E-state index < -0.39 is 33.5 Å². The van der Waals surface area contributed by atoms with E-state index in [9.17, 15) is 26.8 Å². The van der Waals surface area contributed by atoms with Gasteiger partial charge in [0, 0.05) is 17.5 Å². The standard InChI is InChI=1S/C23H20F2N4O5S/c1-13-20-18(26-29-35(32,33)15-11-9-14(24)10-12-15)7-4-8-19(20)34-21(13)23(31)28-27-22(30)16-5-2-3-6-17(16)25/h2-3,5-6,9-12,29H,4,7-8H2,1H3,(H,27,30)(H,28,31)/b26-18+. The lowest BCUT2D eigenvalue weighted by Gasteiger charge is -2.14. The van der Waals surface area contributed by atoms with Gasteiger partial charge in [0.2, 0.25) is 0 Å². The molecule has 0 bridgehead atoms. The van der Waals surface area contributed by atoms with Gasteiger partial charge < -0.3 is 4.42 Å². The van der Waals surface area contributed by atoms with Crippen molar-refractivity contribution in [3.8, 4) is 0 Å². The Hall–Kier alpha value is -4.06. The fraction of sp³-hybridized carbons (Fsp3) is 0.174. The molecule has 0 spiro atoms. The number of benzene rings is 2. The van der Waals surface area contributed by atoms with Crippen LogP contribution in [-0.2, 0) is 16.4 Å². The van der Waals surface area contributed by atoms with Gasteiger partial charge in [0.25, 0.3) is 15.9 Å². The van der Waals surface area contributed by atoms with E-state index in [1.165, 1.54) is 18.2 Å². The first-order valence-corrected chi connectivity index (χ1v) is 12.0. The minimum absolute atomic E-state index is 0.0974. The van der Waals surface area contributed by atoms with Crippen molar-refractivity contribution in [3.05, 3.63) is 88.4 Å². The highest BCUT2D eigenvalue weighted by atomic mass is 32.2. The second-order valence-electron chi connectivity index (χ2n) is 7.70. The summed E-state index contributed by atoms with van der Waals surface area (Å²) in [5, 5.41) is 4.03. The molecule has 0 fully saturated rings. The van der Waals surface area contributed by atoms with Gasteiger partial charge in [0.05, 0.1) is 16.2 Å². The van der Waals surface area contributed by atoms with Crippen molar-refractivity contribution in [1.29, 1.82) is 0 Å². The quantitative estimate of drug-likeness (QED) is 0.462. The zero-order valence-electron chi connectivity index (χ0n) is 18.4. The van der Waals surface area contributed by atoms with Crippen molar-refractivity contribution in [3.63, 3.8) is 0 Å². The summed E-state index contributed by atoms with van der Waals surface area (Å²) in [4.78, 5) is 26.8. The monoisotopic (exact) mass is 502 g/mol. The zero-order chi connectivity index (χ0) is 25.2. The van der Waals surface area contributed by atoms with Crippen LogP contribution >= 0.6 is 0 Å². The van der Waals surface area contributed by atoms with E-state index in [0.717, 1.165) is 30.3 Å². The van der Waals surface area contributed by atoms with Crippen LogP contribution < -0.4 is 15.7 Å². The van der Waals surface area contributed by atoms with Gasteiger partial charge >= 0.3 is 5.91 Å². The van der Waals surface area contributed by atoms with Crippen molar-refractivity contribution in [1.82, 2.24) is 15.7 Å². The SMILES string of the molecule is Cc1c(C(=O)NNC(=O)c2ccccc2F)oc2c1/C(=N/NS(=O)(=O)c1ccc(F)cc1)CCC2. The van der Waals surface area contributed by atoms with Crippen LogP contribution in [0.1, 0.15) is 50.6 Å². The maximum absolute atomic E-state index is 13.8. The fourth-order valence-electron chi connectivity index (χ4n) is 3.66. The molecule has 0 radical (unpaired) electrons. The van der Waals surface area contributed by atoms with E-state index in [0.29, 0.717) is 41.9 Å². The van der Waals surface area contributed by atoms with E-state index >= 15 is 0 Å². The van der Waals surface area contributed by atoms with Gasteiger partial charge in [-0.15, -0.1) is 0 Å². The van der Waals surface area contributed by atoms with Gasteiger partial charge in [-0.2, -0.15) is 18.4 Å². The highest BCUT2D eigenvalue weighted by molar-refractivity contribution is 7.89. The van der Waals surface area contributed by atoms with Crippen LogP contribution in [0.15, 0.2) is 62.9 Å². The Kier molecular flexibility index (Phi) is 6.65. The normalized spacial score (nSPS) is 14.3. The van der Waals surface area contributed by atoms with Crippen LogP contribution in [0.5, 0.6) is 0 Å². The van der Waals surface area contributed by atoms with Crippen LogP contribution in [0.4, 0.5) is 8.78 Å². The number of aryl methyl sites for hydroxylation is 1. The van der Waals surface area contributed by atoms with E-state index in [-0.39, 0.29) is 16.2 Å². The second kappa shape index (κ2) is 9.66. The average Bonchev–Trinajstić information content (AvgIpc) is 3.19. The lowest BCUT2D eigenvalue weighted by molar-refractivity contribution is 0.0827. The number of sulfonamides is 1. The Bertz CT molecular complexity index is 1430. The molecule has 1 aromatic heterocycles. The number of hydrazine groups is 1. The van der Waals surface area contributed by atoms with Gasteiger partial charge in [-0.25, -0.2) is 8.78 Å². The number of carbonyl (C=O) groups excluding carboxylic acids is 2. The van der Waals surface area contributed by atoms with E-state index in [2.05, 4.69) is 20.8 Å². The molecule has 182 valence electrons. The Morgan fingerprint density at radius 1 is 0.971 bits per heavy atom. The van der Waals surface area contributed by atoms with Crippen LogP contribution in [0.25, 0.3) is 0 Å². The summed E-state index contributed by atoms with van der Waals surface area (Å²) in [5.41, 5.74) is 5.34. The average molecular weight is 502 g/mol. The number of rotatable bonds is 5. The Balaban J connectivity index is 1.52. The lowest BCUT2D eigenvalue weighted by Crippen LogP contribution is -2.42. The maximum atomic E-state index is 13.8. The smallest absolute Gasteiger partial charge is 0.305 e. The van der Waals surface area contributed by atoms with Crippen molar-refractivity contribution in [2.75, 3.05) is 0 Å². The van der Waals surface area contributed by atoms with Gasteiger partial charge in [-0.1, -0.05) is 12.1 Å². The minimum Gasteiger partial charge on any atom is -0.455 e. The number of carbonyl (C=O) groups is 2. The fourth-order valence-corrected chi connectivity index (χ4v) is 4.49. The molecule has 1 aliphatic carbocycles. The first-order valence-electron chi connectivity index (χ1n) is 10.5. The molecule has 9 nitrogen and oxygen atoms in total. The molecule has 0 saturated heterocycles. The summed E-state index contributed by atoms with van der Waals surface area (Å²) >= 11 is 0. The summed E-state index contributed by atoms with van der Waals surface area (Å²) in [6, 6.07) is 9.58. The molecule has 12 heteroatoms. The third-order valence-corrected chi connectivity index (χ3v) is 6.59. The number of hydrogen-bond donors (Lipinski definition) is 3. The molecule has 1 heterocycles. The van der Waals surface area contributed by atoms with Crippen LogP contribution in [-0.4, -0.2) is 25.9 Å². The minimum atomic E-state index is -4.04. The molecule has 2 aromatic carbocycles. The molecule has 0 saturated carbocycles. The van der Waals surface area contributed by atoms with Gasteiger partial charge in [0.1, 0.15) is 17.4 Å². The molecule has 0 atom stereocenters. The first-order chi connectivity index (χ1) is 16.7. The first kappa shape index (κ1) is 24.1. The van der Waals surface area contributed by atoms with Crippen LogP contribution in [0, 0.1) is 18.6 Å². The largest absolute Gasteiger partial charge is 0.455 e. The highest BCUT2D eigenvalue weighted by Crippen LogP contribution is 2.30. The zero-order valence-corrected chi connectivity index (χ0v) is 19.2. The number of amides is 2. The molecule has 1 aliphatic rings. The van der Waals surface area contributed by atoms with E-state index in [4.69, 9.17) is 4.42 Å². The van der Waals surface area contributed by atoms with Gasteiger partial charge in [0.15, 0.2) is 5.76 Å². The van der Waals surface area contributed by atoms with Gasteiger partial charge in [-0.05, 0) is 56.2 Å². The molecule has 3 aromatic rings.